The van der Waals surface area contributed by atoms with E-state index in [9.17, 15) is 14.4 Å². The lowest BCUT2D eigenvalue weighted by Gasteiger charge is -2.29. The van der Waals surface area contributed by atoms with Gasteiger partial charge in [0.25, 0.3) is 0 Å². The molecule has 2 aliphatic rings. The minimum atomic E-state index is -0.812. The number of amides is 4. The third-order valence-corrected chi connectivity index (χ3v) is 4.40. The van der Waals surface area contributed by atoms with Gasteiger partial charge in [-0.05, 0) is 44.9 Å². The average Bonchev–Trinajstić information content (AvgIpc) is 2.48. The van der Waals surface area contributed by atoms with E-state index in [1.807, 2.05) is 0 Å². The SMILES string of the molecule is NC(=O)NC(=O)C1CCC(NC(=O)CC2CCCCO2)CC1. The quantitative estimate of drug-likeness (QED) is 0.713. The first kappa shape index (κ1) is 16.7. The van der Waals surface area contributed by atoms with Crippen LogP contribution in [0.4, 0.5) is 4.79 Å². The van der Waals surface area contributed by atoms with Crippen LogP contribution in [0.25, 0.3) is 0 Å². The number of urea groups is 1. The van der Waals surface area contributed by atoms with Gasteiger partial charge in [-0.3, -0.25) is 14.9 Å². The molecule has 1 atom stereocenters. The van der Waals surface area contributed by atoms with Crippen molar-refractivity contribution in [1.29, 1.82) is 0 Å². The molecule has 1 aliphatic heterocycles. The van der Waals surface area contributed by atoms with E-state index in [1.165, 1.54) is 0 Å². The van der Waals surface area contributed by atoms with Gasteiger partial charge >= 0.3 is 6.03 Å². The number of rotatable bonds is 4. The second kappa shape index (κ2) is 8.12. The second-order valence-electron chi connectivity index (χ2n) is 6.16. The molecule has 0 aromatic heterocycles. The predicted molar refractivity (Wildman–Crippen MR) is 79.8 cm³/mol. The van der Waals surface area contributed by atoms with Crippen LogP contribution in [-0.2, 0) is 14.3 Å². The van der Waals surface area contributed by atoms with Gasteiger partial charge in [-0.1, -0.05) is 0 Å². The molecule has 7 nitrogen and oxygen atoms in total. The lowest BCUT2D eigenvalue weighted by Crippen LogP contribution is -2.44. The largest absolute Gasteiger partial charge is 0.378 e. The standard InChI is InChI=1S/C15H25N3O4/c16-15(21)18-14(20)10-4-6-11(7-5-10)17-13(19)9-12-3-1-2-8-22-12/h10-12H,1-9H2,(H,17,19)(H3,16,18,20,21). The van der Waals surface area contributed by atoms with E-state index in [-0.39, 0.29) is 29.9 Å². The molecule has 22 heavy (non-hydrogen) atoms. The molecule has 0 radical (unpaired) electrons. The van der Waals surface area contributed by atoms with Gasteiger partial charge in [0, 0.05) is 18.6 Å². The van der Waals surface area contributed by atoms with E-state index in [2.05, 4.69) is 10.6 Å². The first-order valence-electron chi connectivity index (χ1n) is 8.06. The second-order valence-corrected chi connectivity index (χ2v) is 6.16. The Hall–Kier alpha value is -1.63. The van der Waals surface area contributed by atoms with Crippen LogP contribution in [0, 0.1) is 5.92 Å². The summed E-state index contributed by atoms with van der Waals surface area (Å²) in [6.07, 6.45) is 6.42. The number of nitrogens with two attached hydrogens (primary N) is 1. The summed E-state index contributed by atoms with van der Waals surface area (Å²) < 4.78 is 5.57. The third kappa shape index (κ3) is 5.29. The number of carbonyl (C=O) groups excluding carboxylic acids is 3. The summed E-state index contributed by atoms with van der Waals surface area (Å²) in [4.78, 5) is 34.4. The highest BCUT2D eigenvalue weighted by molar-refractivity contribution is 5.94. The number of primary amides is 1. The highest BCUT2D eigenvalue weighted by atomic mass is 16.5. The van der Waals surface area contributed by atoms with E-state index < -0.39 is 6.03 Å². The number of nitrogens with one attached hydrogen (secondary N) is 2. The van der Waals surface area contributed by atoms with Crippen molar-refractivity contribution >= 4 is 17.8 Å². The van der Waals surface area contributed by atoms with Crippen LogP contribution in [-0.4, -0.2) is 36.6 Å². The summed E-state index contributed by atoms with van der Waals surface area (Å²) >= 11 is 0. The highest BCUT2D eigenvalue weighted by Gasteiger charge is 2.28. The summed E-state index contributed by atoms with van der Waals surface area (Å²) in [5.41, 5.74) is 4.94. The fraction of sp³-hybridized carbons (Fsp3) is 0.800. The molecule has 0 aromatic rings. The highest BCUT2D eigenvalue weighted by Crippen LogP contribution is 2.25. The molecule has 1 saturated carbocycles. The zero-order chi connectivity index (χ0) is 15.9. The van der Waals surface area contributed by atoms with Crippen molar-refractivity contribution in [3.05, 3.63) is 0 Å². The maximum absolute atomic E-state index is 12.0. The molecule has 2 fully saturated rings. The molecule has 0 bridgehead atoms. The monoisotopic (exact) mass is 311 g/mol. The van der Waals surface area contributed by atoms with Crippen molar-refractivity contribution in [3.8, 4) is 0 Å². The zero-order valence-corrected chi connectivity index (χ0v) is 12.8. The molecule has 1 saturated heterocycles. The van der Waals surface area contributed by atoms with Crippen LogP contribution in [0.15, 0.2) is 0 Å². The van der Waals surface area contributed by atoms with Gasteiger partial charge in [-0.25, -0.2) is 4.79 Å². The number of imide groups is 1. The summed E-state index contributed by atoms with van der Waals surface area (Å²) in [5.74, 6) is -0.479. The Balaban J connectivity index is 1.67. The molecule has 7 heteroatoms. The van der Waals surface area contributed by atoms with Crippen molar-refractivity contribution in [2.24, 2.45) is 11.7 Å². The Morgan fingerprint density at radius 2 is 1.77 bits per heavy atom. The van der Waals surface area contributed by atoms with E-state index in [0.29, 0.717) is 19.3 Å². The molecule has 0 spiro atoms. The van der Waals surface area contributed by atoms with E-state index in [1.54, 1.807) is 0 Å². The van der Waals surface area contributed by atoms with Crippen LogP contribution in [0.3, 0.4) is 0 Å². The van der Waals surface area contributed by atoms with E-state index >= 15 is 0 Å². The lowest BCUT2D eigenvalue weighted by atomic mass is 9.85. The van der Waals surface area contributed by atoms with Crippen molar-refractivity contribution in [2.45, 2.75) is 63.5 Å². The first-order valence-corrected chi connectivity index (χ1v) is 8.06. The topological polar surface area (TPSA) is 111 Å². The van der Waals surface area contributed by atoms with Crippen molar-refractivity contribution in [3.63, 3.8) is 0 Å². The van der Waals surface area contributed by atoms with Crippen molar-refractivity contribution in [2.75, 3.05) is 6.61 Å². The zero-order valence-electron chi connectivity index (χ0n) is 12.8. The molecular formula is C15H25N3O4. The summed E-state index contributed by atoms with van der Waals surface area (Å²) in [7, 11) is 0. The van der Waals surface area contributed by atoms with Crippen molar-refractivity contribution in [1.82, 2.24) is 10.6 Å². The predicted octanol–water partition coefficient (Wildman–Crippen LogP) is 0.815. The van der Waals surface area contributed by atoms with Crippen molar-refractivity contribution < 1.29 is 19.1 Å². The molecular weight excluding hydrogens is 286 g/mol. The van der Waals surface area contributed by atoms with Crippen LogP contribution in [0.1, 0.15) is 51.4 Å². The molecule has 1 aliphatic carbocycles. The van der Waals surface area contributed by atoms with Crippen LogP contribution in [0.5, 0.6) is 0 Å². The molecule has 2 rings (SSSR count). The number of ether oxygens (including phenoxy) is 1. The van der Waals surface area contributed by atoms with E-state index in [0.717, 1.165) is 38.7 Å². The Bertz CT molecular complexity index is 413. The molecule has 4 amide bonds. The Labute approximate surface area is 130 Å². The summed E-state index contributed by atoms with van der Waals surface area (Å²) in [6, 6.07) is -0.707. The normalized spacial score (nSPS) is 28.6. The smallest absolute Gasteiger partial charge is 0.318 e. The molecule has 1 unspecified atom stereocenters. The number of hydrogen-bond acceptors (Lipinski definition) is 4. The Morgan fingerprint density at radius 1 is 1.05 bits per heavy atom. The molecule has 1 heterocycles. The fourth-order valence-corrected chi connectivity index (χ4v) is 3.19. The molecule has 4 N–H and O–H groups in total. The fourth-order valence-electron chi connectivity index (χ4n) is 3.19. The van der Waals surface area contributed by atoms with Gasteiger partial charge in [0.1, 0.15) is 0 Å². The van der Waals surface area contributed by atoms with Crippen LogP contribution >= 0.6 is 0 Å². The van der Waals surface area contributed by atoms with Gasteiger partial charge in [-0.15, -0.1) is 0 Å². The van der Waals surface area contributed by atoms with Crippen LogP contribution in [0.2, 0.25) is 0 Å². The maximum atomic E-state index is 12.0. The number of hydrogen-bond donors (Lipinski definition) is 3. The van der Waals surface area contributed by atoms with Gasteiger partial charge < -0.3 is 15.8 Å². The summed E-state index contributed by atoms with van der Waals surface area (Å²) in [5, 5.41) is 5.14. The lowest BCUT2D eigenvalue weighted by molar-refractivity contribution is -0.126. The average molecular weight is 311 g/mol. The third-order valence-electron chi connectivity index (χ3n) is 4.40. The first-order chi connectivity index (χ1) is 10.5. The maximum Gasteiger partial charge on any atom is 0.318 e. The van der Waals surface area contributed by atoms with Gasteiger partial charge in [0.15, 0.2) is 0 Å². The minimum Gasteiger partial charge on any atom is -0.378 e. The minimum absolute atomic E-state index is 0.0249. The number of carbonyl (C=O) groups is 3. The van der Waals surface area contributed by atoms with Gasteiger partial charge in [0.2, 0.25) is 11.8 Å². The van der Waals surface area contributed by atoms with Gasteiger partial charge in [-0.2, -0.15) is 0 Å². The van der Waals surface area contributed by atoms with Gasteiger partial charge in [0.05, 0.1) is 12.5 Å². The van der Waals surface area contributed by atoms with Crippen LogP contribution < -0.4 is 16.4 Å². The Morgan fingerprint density at radius 3 is 2.36 bits per heavy atom. The molecule has 124 valence electrons. The molecule has 0 aromatic carbocycles. The summed E-state index contributed by atoms with van der Waals surface area (Å²) in [6.45, 7) is 0.748. The van der Waals surface area contributed by atoms with E-state index in [4.69, 9.17) is 10.5 Å². The Kier molecular flexibility index (Phi) is 6.18.